The molecule has 7 heteroatoms. The van der Waals surface area contributed by atoms with Crippen molar-refractivity contribution in [3.63, 3.8) is 0 Å². The van der Waals surface area contributed by atoms with Gasteiger partial charge in [0.1, 0.15) is 11.5 Å². The van der Waals surface area contributed by atoms with Gasteiger partial charge < -0.3 is 4.42 Å². The van der Waals surface area contributed by atoms with Crippen LogP contribution in [-0.2, 0) is 29.3 Å². The van der Waals surface area contributed by atoms with Gasteiger partial charge in [0.05, 0.1) is 12.2 Å². The minimum absolute atomic E-state index is 0.0861. The summed E-state index contributed by atoms with van der Waals surface area (Å²) in [5.74, 6) is 1.90. The molecule has 3 rings (SSSR count). The van der Waals surface area contributed by atoms with E-state index in [1.165, 1.54) is 0 Å². The van der Waals surface area contributed by atoms with Crippen molar-refractivity contribution in [3.05, 3.63) is 40.6 Å². The zero-order valence-electron chi connectivity index (χ0n) is 13.0. The molecule has 0 atom stereocenters. The number of sulfone groups is 1. The van der Waals surface area contributed by atoms with E-state index in [1.807, 2.05) is 13.8 Å². The highest BCUT2D eigenvalue weighted by molar-refractivity contribution is 7.90. The molecule has 0 radical (unpaired) electrons. The first-order valence-electron chi connectivity index (χ1n) is 7.16. The van der Waals surface area contributed by atoms with E-state index in [2.05, 4.69) is 20.9 Å². The van der Waals surface area contributed by atoms with Crippen LogP contribution in [0.4, 0.5) is 0 Å². The van der Waals surface area contributed by atoms with Gasteiger partial charge in [-0.2, -0.15) is 0 Å². The van der Waals surface area contributed by atoms with Crippen LogP contribution < -0.4 is 0 Å². The molecule has 6 nitrogen and oxygen atoms in total. The molecule has 22 heavy (non-hydrogen) atoms. The smallest absolute Gasteiger partial charge is 0.246 e. The Labute approximate surface area is 130 Å². The van der Waals surface area contributed by atoms with E-state index >= 15 is 0 Å². The molecule has 3 heterocycles. The Balaban J connectivity index is 1.77. The summed E-state index contributed by atoms with van der Waals surface area (Å²) in [6.07, 6.45) is 3.48. The summed E-state index contributed by atoms with van der Waals surface area (Å²) in [4.78, 5) is 10.4. The van der Waals surface area contributed by atoms with Gasteiger partial charge in [-0.25, -0.2) is 18.4 Å². The molecular formula is C15H19N3O3S. The molecular weight excluding hydrogens is 302 g/mol. The molecule has 1 aliphatic heterocycles. The van der Waals surface area contributed by atoms with Gasteiger partial charge in [0.15, 0.2) is 0 Å². The van der Waals surface area contributed by atoms with Gasteiger partial charge in [0.2, 0.25) is 15.0 Å². The van der Waals surface area contributed by atoms with Crippen molar-refractivity contribution in [1.82, 2.24) is 14.9 Å². The average Bonchev–Trinajstić information content (AvgIpc) is 2.75. The van der Waals surface area contributed by atoms with Crippen LogP contribution >= 0.6 is 0 Å². The van der Waals surface area contributed by atoms with E-state index < -0.39 is 9.84 Å². The number of fused-ring (bicyclic) bond motifs is 1. The fourth-order valence-electron chi connectivity index (χ4n) is 2.62. The van der Waals surface area contributed by atoms with Gasteiger partial charge in [0.25, 0.3) is 0 Å². The zero-order chi connectivity index (χ0) is 15.9. The van der Waals surface area contributed by atoms with Crippen LogP contribution in [0, 0.1) is 13.8 Å². The summed E-state index contributed by atoms with van der Waals surface area (Å²) in [6.45, 7) is 6.27. The Morgan fingerprint density at radius 3 is 2.77 bits per heavy atom. The maximum absolute atomic E-state index is 11.5. The number of aryl methyl sites for hydroxylation is 2. The van der Waals surface area contributed by atoms with Gasteiger partial charge in [-0.05, 0) is 25.5 Å². The van der Waals surface area contributed by atoms with E-state index in [0.29, 0.717) is 6.54 Å². The quantitative estimate of drug-likeness (QED) is 0.800. The Morgan fingerprint density at radius 1 is 1.36 bits per heavy atom. The fourth-order valence-corrected chi connectivity index (χ4v) is 3.14. The highest BCUT2D eigenvalue weighted by Crippen LogP contribution is 2.21. The van der Waals surface area contributed by atoms with Gasteiger partial charge in [0, 0.05) is 37.5 Å². The van der Waals surface area contributed by atoms with Gasteiger partial charge >= 0.3 is 0 Å². The number of hydrogen-bond acceptors (Lipinski definition) is 6. The first kappa shape index (κ1) is 15.2. The molecule has 0 saturated heterocycles. The third-order valence-corrected chi connectivity index (χ3v) is 4.78. The van der Waals surface area contributed by atoms with Gasteiger partial charge in [-0.15, -0.1) is 0 Å². The number of hydrogen-bond donors (Lipinski definition) is 0. The lowest BCUT2D eigenvalue weighted by Gasteiger charge is -2.27. The zero-order valence-corrected chi connectivity index (χ0v) is 13.8. The molecule has 0 aromatic carbocycles. The van der Waals surface area contributed by atoms with Crippen molar-refractivity contribution in [1.29, 1.82) is 0 Å². The lowest BCUT2D eigenvalue weighted by atomic mass is 10.1. The van der Waals surface area contributed by atoms with Crippen LogP contribution in [0.25, 0.3) is 0 Å². The third kappa shape index (κ3) is 3.05. The second-order valence-electron chi connectivity index (χ2n) is 5.81. The number of aromatic nitrogens is 2. The normalized spacial score (nSPS) is 15.8. The molecule has 0 fully saturated rings. The van der Waals surface area contributed by atoms with Crippen LogP contribution in [0.15, 0.2) is 21.8 Å². The molecule has 0 saturated carbocycles. The standard InChI is InChI=1S/C15H19N3O3S/c1-10-6-13(21-11(10)2)9-18-5-4-14-12(8-18)7-16-15(17-14)22(3,19)20/h6-7H,4-5,8-9H2,1-3H3. The minimum Gasteiger partial charge on any atom is -0.465 e. The predicted molar refractivity (Wildman–Crippen MR) is 81.1 cm³/mol. The molecule has 0 aliphatic carbocycles. The molecule has 0 unspecified atom stereocenters. The summed E-state index contributed by atoms with van der Waals surface area (Å²) in [5, 5.41) is -0.0861. The van der Waals surface area contributed by atoms with Crippen molar-refractivity contribution in [2.45, 2.75) is 38.5 Å². The molecule has 118 valence electrons. The Morgan fingerprint density at radius 2 is 2.14 bits per heavy atom. The molecule has 2 aromatic heterocycles. The van der Waals surface area contributed by atoms with Crippen LogP contribution in [0.5, 0.6) is 0 Å². The molecule has 0 bridgehead atoms. The Hall–Kier alpha value is -1.73. The summed E-state index contributed by atoms with van der Waals surface area (Å²) >= 11 is 0. The van der Waals surface area contributed by atoms with Crippen molar-refractivity contribution in [3.8, 4) is 0 Å². The largest absolute Gasteiger partial charge is 0.465 e. The molecule has 2 aromatic rings. The highest BCUT2D eigenvalue weighted by Gasteiger charge is 2.21. The SMILES string of the molecule is Cc1cc(CN2CCc3nc(S(C)(=O)=O)ncc3C2)oc1C. The molecule has 0 spiro atoms. The summed E-state index contributed by atoms with van der Waals surface area (Å²) in [6, 6.07) is 2.06. The maximum atomic E-state index is 11.5. The monoisotopic (exact) mass is 321 g/mol. The molecule has 0 amide bonds. The van der Waals surface area contributed by atoms with Gasteiger partial charge in [-0.1, -0.05) is 0 Å². The second-order valence-corrected chi connectivity index (χ2v) is 7.72. The van der Waals surface area contributed by atoms with Gasteiger partial charge in [-0.3, -0.25) is 4.90 Å². The lowest BCUT2D eigenvalue weighted by Crippen LogP contribution is -2.31. The van der Waals surface area contributed by atoms with Crippen LogP contribution in [0.2, 0.25) is 0 Å². The Kier molecular flexibility index (Phi) is 3.78. The van der Waals surface area contributed by atoms with Crippen LogP contribution in [0.3, 0.4) is 0 Å². The third-order valence-electron chi connectivity index (χ3n) is 3.92. The molecule has 1 aliphatic rings. The molecule has 0 N–H and O–H groups in total. The number of rotatable bonds is 3. The summed E-state index contributed by atoms with van der Waals surface area (Å²) in [5.41, 5.74) is 2.98. The fraction of sp³-hybridized carbons (Fsp3) is 0.467. The van der Waals surface area contributed by atoms with E-state index in [-0.39, 0.29) is 5.16 Å². The van der Waals surface area contributed by atoms with E-state index in [9.17, 15) is 8.42 Å². The van der Waals surface area contributed by atoms with Crippen LogP contribution in [-0.4, -0.2) is 36.1 Å². The second kappa shape index (κ2) is 5.48. The average molecular weight is 321 g/mol. The highest BCUT2D eigenvalue weighted by atomic mass is 32.2. The van der Waals surface area contributed by atoms with E-state index in [1.54, 1.807) is 6.20 Å². The van der Waals surface area contributed by atoms with Crippen molar-refractivity contribution < 1.29 is 12.8 Å². The minimum atomic E-state index is -3.35. The maximum Gasteiger partial charge on any atom is 0.246 e. The van der Waals surface area contributed by atoms with Crippen molar-refractivity contribution in [2.75, 3.05) is 12.8 Å². The first-order valence-corrected chi connectivity index (χ1v) is 9.05. The predicted octanol–water partition coefficient (Wildman–Crippen LogP) is 1.65. The topological polar surface area (TPSA) is 76.3 Å². The number of furan rings is 1. The lowest BCUT2D eigenvalue weighted by molar-refractivity contribution is 0.221. The van der Waals surface area contributed by atoms with Crippen molar-refractivity contribution in [2.24, 2.45) is 0 Å². The number of nitrogens with zero attached hydrogens (tertiary/aromatic N) is 3. The Bertz CT molecular complexity index is 792. The van der Waals surface area contributed by atoms with E-state index in [0.717, 1.165) is 54.1 Å². The van der Waals surface area contributed by atoms with Crippen LogP contribution in [0.1, 0.15) is 28.3 Å². The van der Waals surface area contributed by atoms with E-state index in [4.69, 9.17) is 4.42 Å². The summed E-state index contributed by atoms with van der Waals surface area (Å²) < 4.78 is 28.7. The first-order chi connectivity index (χ1) is 10.3. The summed E-state index contributed by atoms with van der Waals surface area (Å²) in [7, 11) is -3.35. The van der Waals surface area contributed by atoms with Crippen molar-refractivity contribution >= 4 is 9.84 Å².